The van der Waals surface area contributed by atoms with Crippen molar-refractivity contribution in [2.75, 3.05) is 11.1 Å². The Labute approximate surface area is 179 Å². The van der Waals surface area contributed by atoms with E-state index >= 15 is 0 Å². The van der Waals surface area contributed by atoms with Gasteiger partial charge in [-0.1, -0.05) is 71.7 Å². The van der Waals surface area contributed by atoms with Crippen molar-refractivity contribution in [3.8, 4) is 6.07 Å². The zero-order valence-corrected chi connectivity index (χ0v) is 17.0. The van der Waals surface area contributed by atoms with Crippen LogP contribution in [0, 0.1) is 11.3 Å². The van der Waals surface area contributed by atoms with Crippen molar-refractivity contribution in [1.82, 2.24) is 0 Å². The fourth-order valence-electron chi connectivity index (χ4n) is 3.02. The quantitative estimate of drug-likeness (QED) is 0.284. The maximum atomic E-state index is 9.51. The summed E-state index contributed by atoms with van der Waals surface area (Å²) >= 11 is 1.29. The first-order valence-corrected chi connectivity index (χ1v) is 10.3. The van der Waals surface area contributed by atoms with Gasteiger partial charge in [0.1, 0.15) is 6.07 Å². The van der Waals surface area contributed by atoms with E-state index in [2.05, 4.69) is 11.4 Å². The van der Waals surface area contributed by atoms with E-state index in [1.165, 1.54) is 11.3 Å². The molecule has 0 radical (unpaired) electrons. The number of hydrogen-bond acceptors (Lipinski definition) is 4. The second-order valence-corrected chi connectivity index (χ2v) is 7.58. The standard InChI is InChI=1S/C24H19N5S/c25-16-21-22(26)29(17-18-10-4-1-5-11-18)24(30-21)28-23(19-12-6-2-7-13-19)27-20-14-8-3-9-15-20/h1-15H,17,26H2/p+1. The van der Waals surface area contributed by atoms with E-state index in [9.17, 15) is 5.26 Å². The first-order valence-electron chi connectivity index (χ1n) is 9.47. The second kappa shape index (κ2) is 9.03. The van der Waals surface area contributed by atoms with E-state index in [4.69, 9.17) is 10.7 Å². The van der Waals surface area contributed by atoms with Crippen LogP contribution in [-0.4, -0.2) is 5.84 Å². The smallest absolute Gasteiger partial charge is 0.324 e. The summed E-state index contributed by atoms with van der Waals surface area (Å²) in [5, 5.41) is 13.6. The topological polar surface area (TPSA) is 78.1 Å². The molecule has 0 unspecified atom stereocenters. The van der Waals surface area contributed by atoms with Crippen LogP contribution in [0.15, 0.2) is 96.0 Å². The SMILES string of the molecule is N#Cc1sc(N=C(Nc2ccccc2)c2ccccc2)[n+](Cc2ccccc2)c1N. The first kappa shape index (κ1) is 19.4. The van der Waals surface area contributed by atoms with Crippen molar-refractivity contribution >= 4 is 33.8 Å². The molecule has 0 aliphatic rings. The Morgan fingerprint density at radius 2 is 1.53 bits per heavy atom. The minimum Gasteiger partial charge on any atom is -0.326 e. The molecule has 146 valence electrons. The third kappa shape index (κ3) is 4.37. The first-order chi connectivity index (χ1) is 14.7. The molecule has 3 N–H and O–H groups in total. The molecule has 0 aliphatic carbocycles. The summed E-state index contributed by atoms with van der Waals surface area (Å²) in [5.41, 5.74) is 9.25. The molecule has 3 aromatic carbocycles. The fraction of sp³-hybridized carbons (Fsp3) is 0.0417. The fourth-order valence-corrected chi connectivity index (χ4v) is 3.87. The molecular weight excluding hydrogens is 390 g/mol. The Bertz CT molecular complexity index is 1190. The van der Waals surface area contributed by atoms with Crippen LogP contribution in [0.2, 0.25) is 0 Å². The number of thiazole rings is 1. The number of nitrogens with zero attached hydrogens (tertiary/aromatic N) is 3. The van der Waals surface area contributed by atoms with Crippen molar-refractivity contribution < 1.29 is 4.57 Å². The van der Waals surface area contributed by atoms with Gasteiger partial charge in [0.15, 0.2) is 4.88 Å². The number of para-hydroxylation sites is 1. The summed E-state index contributed by atoms with van der Waals surface area (Å²) in [7, 11) is 0. The van der Waals surface area contributed by atoms with Crippen molar-refractivity contribution in [2.45, 2.75) is 6.54 Å². The highest BCUT2D eigenvalue weighted by atomic mass is 32.1. The lowest BCUT2D eigenvalue weighted by Gasteiger charge is -2.08. The third-order valence-electron chi connectivity index (χ3n) is 4.52. The number of nitrogen functional groups attached to an aromatic ring is 1. The molecule has 1 heterocycles. The zero-order valence-electron chi connectivity index (χ0n) is 16.2. The summed E-state index contributed by atoms with van der Waals surface area (Å²) in [6.45, 7) is 0.539. The highest BCUT2D eigenvalue weighted by Crippen LogP contribution is 2.26. The number of nitriles is 1. The van der Waals surface area contributed by atoms with Crippen LogP contribution < -0.4 is 15.6 Å². The Balaban J connectivity index is 1.80. The summed E-state index contributed by atoms with van der Waals surface area (Å²) in [6.07, 6.45) is 0. The van der Waals surface area contributed by atoms with Gasteiger partial charge in [-0.25, -0.2) is 4.57 Å². The Hall–Kier alpha value is -3.95. The minimum atomic E-state index is 0.428. The molecular formula is C24H20N5S+. The van der Waals surface area contributed by atoms with Gasteiger partial charge < -0.3 is 11.1 Å². The lowest BCUT2D eigenvalue weighted by Crippen LogP contribution is -2.36. The van der Waals surface area contributed by atoms with Crippen molar-refractivity contribution in [3.63, 3.8) is 0 Å². The van der Waals surface area contributed by atoms with Crippen LogP contribution in [0.3, 0.4) is 0 Å². The number of anilines is 2. The zero-order chi connectivity index (χ0) is 20.8. The number of hydrogen-bond donors (Lipinski definition) is 2. The molecule has 0 saturated heterocycles. The van der Waals surface area contributed by atoms with E-state index in [1.807, 2.05) is 95.6 Å². The molecule has 0 spiro atoms. The van der Waals surface area contributed by atoms with E-state index in [-0.39, 0.29) is 0 Å². The van der Waals surface area contributed by atoms with Gasteiger partial charge in [-0.15, -0.1) is 0 Å². The van der Waals surface area contributed by atoms with Gasteiger partial charge in [0.05, 0.1) is 6.54 Å². The van der Waals surface area contributed by atoms with Gasteiger partial charge in [0, 0.05) is 11.3 Å². The number of nitrogens with two attached hydrogens (primary N) is 1. The van der Waals surface area contributed by atoms with Gasteiger partial charge >= 0.3 is 5.13 Å². The van der Waals surface area contributed by atoms with Crippen LogP contribution in [-0.2, 0) is 6.54 Å². The van der Waals surface area contributed by atoms with E-state index in [1.54, 1.807) is 0 Å². The van der Waals surface area contributed by atoms with E-state index < -0.39 is 0 Å². The molecule has 0 saturated carbocycles. The van der Waals surface area contributed by atoms with Crippen LogP contribution in [0.1, 0.15) is 16.0 Å². The molecule has 0 fully saturated rings. The molecule has 1 aromatic heterocycles. The lowest BCUT2D eigenvalue weighted by molar-refractivity contribution is -0.656. The van der Waals surface area contributed by atoms with Crippen molar-refractivity contribution in [2.24, 2.45) is 4.99 Å². The maximum Gasteiger partial charge on any atom is 0.324 e. The second-order valence-electron chi connectivity index (χ2n) is 6.60. The number of aromatic nitrogens is 1. The maximum absolute atomic E-state index is 9.51. The van der Waals surface area contributed by atoms with Crippen LogP contribution in [0.4, 0.5) is 16.6 Å². The van der Waals surface area contributed by atoms with Gasteiger partial charge in [-0.05, 0) is 41.2 Å². The molecule has 5 nitrogen and oxygen atoms in total. The van der Waals surface area contributed by atoms with Gasteiger partial charge in [-0.2, -0.15) is 5.26 Å². The molecule has 0 bridgehead atoms. The third-order valence-corrected chi connectivity index (χ3v) is 5.52. The average Bonchev–Trinajstić information content (AvgIpc) is 3.10. The van der Waals surface area contributed by atoms with Gasteiger partial charge in [-0.3, -0.25) is 0 Å². The van der Waals surface area contributed by atoms with Gasteiger partial charge in [0.2, 0.25) is 11.7 Å². The normalized spacial score (nSPS) is 11.1. The predicted molar refractivity (Wildman–Crippen MR) is 122 cm³/mol. The summed E-state index contributed by atoms with van der Waals surface area (Å²) in [5.74, 6) is 1.12. The molecule has 0 atom stereocenters. The molecule has 4 rings (SSSR count). The number of rotatable bonds is 5. The molecule has 4 aromatic rings. The molecule has 6 heteroatoms. The van der Waals surface area contributed by atoms with Crippen LogP contribution in [0.25, 0.3) is 0 Å². The van der Waals surface area contributed by atoms with E-state index in [0.717, 1.165) is 16.8 Å². The molecule has 0 aliphatic heterocycles. The lowest BCUT2D eigenvalue weighted by atomic mass is 10.2. The number of nitrogens with one attached hydrogen (secondary N) is 1. The predicted octanol–water partition coefficient (Wildman–Crippen LogP) is 4.73. The Kier molecular flexibility index (Phi) is 5.83. The Morgan fingerprint density at radius 1 is 0.933 bits per heavy atom. The number of benzene rings is 3. The molecule has 30 heavy (non-hydrogen) atoms. The van der Waals surface area contributed by atoms with Crippen molar-refractivity contribution in [1.29, 1.82) is 5.26 Å². The molecule has 0 amide bonds. The monoisotopic (exact) mass is 410 g/mol. The summed E-state index contributed by atoms with van der Waals surface area (Å²) in [6, 6.07) is 32.0. The van der Waals surface area contributed by atoms with Crippen LogP contribution in [0.5, 0.6) is 0 Å². The minimum absolute atomic E-state index is 0.428. The van der Waals surface area contributed by atoms with Gasteiger partial charge in [0.25, 0.3) is 0 Å². The largest absolute Gasteiger partial charge is 0.326 e. The van der Waals surface area contributed by atoms with Crippen LogP contribution >= 0.6 is 11.3 Å². The van der Waals surface area contributed by atoms with Crippen molar-refractivity contribution in [3.05, 3.63) is 107 Å². The highest BCUT2D eigenvalue weighted by molar-refractivity contribution is 7.15. The average molecular weight is 411 g/mol. The number of amidine groups is 1. The Morgan fingerprint density at radius 3 is 2.17 bits per heavy atom. The van der Waals surface area contributed by atoms with E-state index in [0.29, 0.717) is 28.2 Å². The number of aliphatic imine (C=N–C) groups is 1. The summed E-state index contributed by atoms with van der Waals surface area (Å²) in [4.78, 5) is 5.36. The summed E-state index contributed by atoms with van der Waals surface area (Å²) < 4.78 is 1.88. The highest BCUT2D eigenvalue weighted by Gasteiger charge is 2.23.